The molecule has 0 atom stereocenters. The van der Waals surface area contributed by atoms with Crippen LogP contribution in [0, 0.1) is 11.8 Å². The summed E-state index contributed by atoms with van der Waals surface area (Å²) in [5.74, 6) is 3.89. The molecule has 0 bridgehead atoms. The fraction of sp³-hybridized carbons (Fsp3) is 0.182. The Morgan fingerprint density at radius 2 is 2.17 bits per heavy atom. The first-order chi connectivity index (χ1) is 8.36. The van der Waals surface area contributed by atoms with Crippen LogP contribution < -0.4 is 9.88 Å². The van der Waals surface area contributed by atoms with E-state index in [0.29, 0.717) is 0 Å². The average molecular weight is 269 g/mol. The summed E-state index contributed by atoms with van der Waals surface area (Å²) in [7, 11) is -4.06. The van der Waals surface area contributed by atoms with Crippen LogP contribution in [-0.4, -0.2) is 26.1 Å². The van der Waals surface area contributed by atoms with Gasteiger partial charge in [0.05, 0.1) is 5.56 Å². The van der Waals surface area contributed by atoms with Crippen molar-refractivity contribution in [1.29, 1.82) is 0 Å². The van der Waals surface area contributed by atoms with Gasteiger partial charge in [0.2, 0.25) is 10.0 Å². The van der Waals surface area contributed by atoms with Gasteiger partial charge in [-0.3, -0.25) is 0 Å². The molecule has 6 nitrogen and oxygen atoms in total. The van der Waals surface area contributed by atoms with Crippen molar-refractivity contribution in [3.05, 3.63) is 23.8 Å². The van der Waals surface area contributed by atoms with Crippen LogP contribution in [0.4, 0.5) is 0 Å². The van der Waals surface area contributed by atoms with Crippen molar-refractivity contribution in [2.45, 2.75) is 11.8 Å². The molecule has 1 rings (SSSR count). The molecule has 3 N–H and O–H groups in total. The molecule has 18 heavy (non-hydrogen) atoms. The third-order valence-electron chi connectivity index (χ3n) is 1.97. The molecule has 0 saturated carbocycles. The molecule has 0 unspecified atom stereocenters. The Bertz CT molecular complexity index is 625. The third-order valence-corrected chi connectivity index (χ3v) is 2.91. The Kier molecular flexibility index (Phi) is 4.31. The molecule has 0 spiro atoms. The largest absolute Gasteiger partial charge is 0.480 e. The fourth-order valence-corrected chi connectivity index (χ4v) is 1.87. The van der Waals surface area contributed by atoms with E-state index in [0.717, 1.165) is 6.07 Å². The van der Waals surface area contributed by atoms with Gasteiger partial charge in [0.25, 0.3) is 0 Å². The van der Waals surface area contributed by atoms with E-state index in [-0.39, 0.29) is 22.8 Å². The fourth-order valence-electron chi connectivity index (χ4n) is 1.17. The molecular formula is C11H11NO5S. The van der Waals surface area contributed by atoms with Gasteiger partial charge >= 0.3 is 5.97 Å². The van der Waals surface area contributed by atoms with E-state index in [1.165, 1.54) is 12.1 Å². The zero-order chi connectivity index (χ0) is 13.8. The molecule has 0 aromatic heterocycles. The molecule has 0 aliphatic heterocycles. The van der Waals surface area contributed by atoms with Crippen molar-refractivity contribution in [2.24, 2.45) is 5.14 Å². The molecule has 96 valence electrons. The number of carbonyl (C=O) groups is 1. The number of primary sulfonamides is 1. The van der Waals surface area contributed by atoms with Crippen LogP contribution in [0.1, 0.15) is 17.3 Å². The minimum Gasteiger partial charge on any atom is -0.480 e. The second-order valence-corrected chi connectivity index (χ2v) is 4.76. The topological polar surface area (TPSA) is 107 Å². The van der Waals surface area contributed by atoms with Crippen LogP contribution in [0.5, 0.6) is 5.75 Å². The Hall–Kier alpha value is -2.04. The lowest BCUT2D eigenvalue weighted by Crippen LogP contribution is -2.15. The summed E-state index contributed by atoms with van der Waals surface area (Å²) in [5, 5.41) is 13.8. The van der Waals surface area contributed by atoms with Crippen LogP contribution >= 0.6 is 0 Å². The van der Waals surface area contributed by atoms with Gasteiger partial charge in [-0.05, 0) is 25.1 Å². The Balaban J connectivity index is 3.24. The molecule has 0 aliphatic carbocycles. The number of sulfonamides is 1. The van der Waals surface area contributed by atoms with E-state index in [9.17, 15) is 13.2 Å². The van der Waals surface area contributed by atoms with Gasteiger partial charge < -0.3 is 9.84 Å². The number of rotatable bonds is 4. The van der Waals surface area contributed by atoms with Crippen LogP contribution in [0.3, 0.4) is 0 Å². The van der Waals surface area contributed by atoms with Gasteiger partial charge in [-0.15, -0.1) is 5.92 Å². The highest BCUT2D eigenvalue weighted by Gasteiger charge is 2.18. The van der Waals surface area contributed by atoms with Crippen LogP contribution in [-0.2, 0) is 10.0 Å². The number of nitrogens with two attached hydrogens (primary N) is 1. The highest BCUT2D eigenvalue weighted by Crippen LogP contribution is 2.24. The van der Waals surface area contributed by atoms with Gasteiger partial charge in [-0.2, -0.15) is 0 Å². The van der Waals surface area contributed by atoms with Gasteiger partial charge in [-0.25, -0.2) is 18.4 Å². The van der Waals surface area contributed by atoms with Gasteiger partial charge in [-0.1, -0.05) is 5.92 Å². The molecule has 1 aromatic rings. The van der Waals surface area contributed by atoms with E-state index in [1.807, 2.05) is 0 Å². The lowest BCUT2D eigenvalue weighted by atomic mass is 10.2. The van der Waals surface area contributed by atoms with Gasteiger partial charge in [0, 0.05) is 0 Å². The maximum atomic E-state index is 11.3. The molecule has 7 heteroatoms. The summed E-state index contributed by atoms with van der Waals surface area (Å²) in [5.41, 5.74) is -0.187. The maximum absolute atomic E-state index is 11.3. The first kappa shape index (κ1) is 14.0. The minimum absolute atomic E-state index is 0.00849. The number of carboxylic acids is 1. The highest BCUT2D eigenvalue weighted by atomic mass is 32.2. The first-order valence-electron chi connectivity index (χ1n) is 4.79. The van der Waals surface area contributed by atoms with E-state index in [1.54, 1.807) is 6.92 Å². The summed E-state index contributed by atoms with van der Waals surface area (Å²) in [6.45, 7) is 1.60. The number of hydrogen-bond donors (Lipinski definition) is 2. The molecule has 0 radical (unpaired) electrons. The lowest BCUT2D eigenvalue weighted by molar-refractivity contribution is 0.0696. The van der Waals surface area contributed by atoms with Crippen LogP contribution in [0.25, 0.3) is 0 Å². The quantitative estimate of drug-likeness (QED) is 0.771. The SMILES string of the molecule is CC#CCOc1ccc(C(=O)O)cc1S(N)(=O)=O. The molecule has 0 saturated heterocycles. The monoisotopic (exact) mass is 269 g/mol. The Labute approximate surface area is 104 Å². The molecule has 1 aromatic carbocycles. The number of aromatic carboxylic acids is 1. The Morgan fingerprint density at radius 3 is 2.67 bits per heavy atom. The number of hydrogen-bond acceptors (Lipinski definition) is 4. The van der Waals surface area contributed by atoms with Crippen molar-refractivity contribution >= 4 is 16.0 Å². The predicted molar refractivity (Wildman–Crippen MR) is 63.7 cm³/mol. The normalized spacial score (nSPS) is 10.3. The second kappa shape index (κ2) is 5.53. The minimum atomic E-state index is -4.06. The van der Waals surface area contributed by atoms with E-state index >= 15 is 0 Å². The summed E-state index contributed by atoms with van der Waals surface area (Å²) < 4.78 is 27.8. The van der Waals surface area contributed by atoms with Gasteiger partial charge in [0.15, 0.2) is 0 Å². The molecular weight excluding hydrogens is 258 g/mol. The molecule has 0 heterocycles. The maximum Gasteiger partial charge on any atom is 0.335 e. The summed E-state index contributed by atoms with van der Waals surface area (Å²) in [6, 6.07) is 3.42. The van der Waals surface area contributed by atoms with Crippen molar-refractivity contribution in [2.75, 3.05) is 6.61 Å². The zero-order valence-electron chi connectivity index (χ0n) is 9.50. The van der Waals surface area contributed by atoms with Crippen molar-refractivity contribution in [1.82, 2.24) is 0 Å². The van der Waals surface area contributed by atoms with Crippen molar-refractivity contribution in [3.63, 3.8) is 0 Å². The molecule has 0 aliphatic rings. The summed E-state index contributed by atoms with van der Waals surface area (Å²) in [4.78, 5) is 10.4. The van der Waals surface area contributed by atoms with Crippen molar-refractivity contribution < 1.29 is 23.1 Å². The standard InChI is InChI=1S/C11H11NO5S/c1-2-3-6-17-9-5-4-8(11(13)14)7-10(9)18(12,15)16/h4-5,7H,6H2,1H3,(H,13,14)(H2,12,15,16). The number of ether oxygens (including phenoxy) is 1. The van der Waals surface area contributed by atoms with Crippen molar-refractivity contribution in [3.8, 4) is 17.6 Å². The zero-order valence-corrected chi connectivity index (χ0v) is 10.3. The van der Waals surface area contributed by atoms with E-state index in [2.05, 4.69) is 11.8 Å². The highest BCUT2D eigenvalue weighted by molar-refractivity contribution is 7.89. The molecule has 0 amide bonds. The van der Waals surface area contributed by atoms with E-state index < -0.39 is 16.0 Å². The Morgan fingerprint density at radius 1 is 1.50 bits per heavy atom. The summed E-state index contributed by atoms with van der Waals surface area (Å²) >= 11 is 0. The third kappa shape index (κ3) is 3.48. The van der Waals surface area contributed by atoms with Crippen LogP contribution in [0.2, 0.25) is 0 Å². The van der Waals surface area contributed by atoms with Crippen LogP contribution in [0.15, 0.2) is 23.1 Å². The van der Waals surface area contributed by atoms with E-state index in [4.69, 9.17) is 15.0 Å². The molecule has 0 fully saturated rings. The smallest absolute Gasteiger partial charge is 0.335 e. The first-order valence-corrected chi connectivity index (χ1v) is 6.33. The summed E-state index contributed by atoms with van der Waals surface area (Å²) in [6.07, 6.45) is 0. The number of carboxylic acid groups (broad SMARTS) is 1. The second-order valence-electron chi connectivity index (χ2n) is 3.23. The lowest BCUT2D eigenvalue weighted by Gasteiger charge is -2.08. The van der Waals surface area contributed by atoms with Gasteiger partial charge in [0.1, 0.15) is 17.3 Å². The predicted octanol–water partition coefficient (Wildman–Crippen LogP) is 0.434. The number of benzene rings is 1. The average Bonchev–Trinajstić information content (AvgIpc) is 2.28.